The minimum Gasteiger partial charge on any atom is -0.477 e. The van der Waals surface area contributed by atoms with Gasteiger partial charge in [-0.1, -0.05) is 45.0 Å². The number of carboxylic acids is 1. The molecular formula is C16H19NO2S. The van der Waals surface area contributed by atoms with E-state index in [2.05, 4.69) is 32.9 Å². The fourth-order valence-corrected chi connectivity index (χ4v) is 3.15. The van der Waals surface area contributed by atoms with Crippen LogP contribution >= 0.6 is 11.3 Å². The second-order valence-corrected chi connectivity index (χ2v) is 6.95. The lowest BCUT2D eigenvalue weighted by Gasteiger charge is -2.19. The molecule has 2 rings (SSSR count). The average molecular weight is 289 g/mol. The summed E-state index contributed by atoms with van der Waals surface area (Å²) in [5.74, 6) is -0.965. The third-order valence-corrected chi connectivity index (χ3v) is 4.75. The molecule has 4 heteroatoms. The Bertz CT molecular complexity index is 648. The SMILES string of the molecule is Cc1c(-c2ccc(C(C)(C)C)cc2)sc(C(=O)O)c1N. The Hall–Kier alpha value is -1.81. The van der Waals surface area contributed by atoms with Crippen molar-refractivity contribution >= 4 is 23.0 Å². The first kappa shape index (κ1) is 14.6. The van der Waals surface area contributed by atoms with Gasteiger partial charge in [0.2, 0.25) is 0 Å². The molecule has 0 aliphatic carbocycles. The summed E-state index contributed by atoms with van der Waals surface area (Å²) < 4.78 is 0. The Morgan fingerprint density at radius 3 is 2.15 bits per heavy atom. The highest BCUT2D eigenvalue weighted by atomic mass is 32.1. The van der Waals surface area contributed by atoms with Crippen LogP contribution in [0.1, 0.15) is 41.6 Å². The molecule has 0 amide bonds. The number of aromatic carboxylic acids is 1. The minimum atomic E-state index is -0.965. The van der Waals surface area contributed by atoms with Crippen LogP contribution in [0.2, 0.25) is 0 Å². The van der Waals surface area contributed by atoms with E-state index in [4.69, 9.17) is 10.8 Å². The molecule has 0 aliphatic heterocycles. The molecule has 0 saturated heterocycles. The molecule has 0 unspecified atom stereocenters. The van der Waals surface area contributed by atoms with Gasteiger partial charge in [-0.05, 0) is 29.0 Å². The number of nitrogens with two attached hydrogens (primary N) is 1. The Morgan fingerprint density at radius 1 is 1.20 bits per heavy atom. The largest absolute Gasteiger partial charge is 0.477 e. The van der Waals surface area contributed by atoms with Gasteiger partial charge in [-0.25, -0.2) is 4.79 Å². The van der Waals surface area contributed by atoms with Crippen molar-refractivity contribution in [3.05, 3.63) is 40.3 Å². The molecule has 0 fully saturated rings. The molecule has 106 valence electrons. The van der Waals surface area contributed by atoms with Crippen molar-refractivity contribution in [1.29, 1.82) is 0 Å². The fraction of sp³-hybridized carbons (Fsp3) is 0.312. The summed E-state index contributed by atoms with van der Waals surface area (Å²) in [6.45, 7) is 8.36. The van der Waals surface area contributed by atoms with Crippen molar-refractivity contribution < 1.29 is 9.90 Å². The maximum atomic E-state index is 11.1. The Kier molecular flexibility index (Phi) is 3.61. The fourth-order valence-electron chi connectivity index (χ4n) is 2.08. The van der Waals surface area contributed by atoms with E-state index < -0.39 is 5.97 Å². The van der Waals surface area contributed by atoms with Crippen LogP contribution in [0.5, 0.6) is 0 Å². The molecular weight excluding hydrogens is 270 g/mol. The molecule has 2 aromatic rings. The van der Waals surface area contributed by atoms with Crippen molar-refractivity contribution in [3.63, 3.8) is 0 Å². The van der Waals surface area contributed by atoms with Crippen LogP contribution in [0.15, 0.2) is 24.3 Å². The van der Waals surface area contributed by atoms with Crippen molar-refractivity contribution in [2.24, 2.45) is 0 Å². The van der Waals surface area contributed by atoms with Gasteiger partial charge in [0.15, 0.2) is 0 Å². The molecule has 1 aromatic heterocycles. The average Bonchev–Trinajstić information content (AvgIpc) is 2.66. The van der Waals surface area contributed by atoms with E-state index in [0.717, 1.165) is 16.0 Å². The first-order valence-electron chi connectivity index (χ1n) is 6.45. The maximum Gasteiger partial charge on any atom is 0.348 e. The summed E-state index contributed by atoms with van der Waals surface area (Å²) in [6.07, 6.45) is 0. The number of thiophene rings is 1. The molecule has 1 heterocycles. The maximum absolute atomic E-state index is 11.1. The standard InChI is InChI=1S/C16H19NO2S/c1-9-12(17)14(15(18)19)20-13(9)10-5-7-11(8-6-10)16(2,3)4/h5-8H,17H2,1-4H3,(H,18,19). The summed E-state index contributed by atoms with van der Waals surface area (Å²) in [6, 6.07) is 8.24. The highest BCUT2D eigenvalue weighted by Crippen LogP contribution is 2.38. The van der Waals surface area contributed by atoms with E-state index in [0.29, 0.717) is 5.69 Å². The highest BCUT2D eigenvalue weighted by Gasteiger charge is 2.19. The Labute approximate surface area is 123 Å². The first-order valence-corrected chi connectivity index (χ1v) is 7.26. The zero-order valence-electron chi connectivity index (χ0n) is 12.2. The number of hydrogen-bond acceptors (Lipinski definition) is 3. The summed E-state index contributed by atoms with van der Waals surface area (Å²) in [4.78, 5) is 12.3. The molecule has 0 atom stereocenters. The summed E-state index contributed by atoms with van der Waals surface area (Å²) in [5, 5.41) is 9.13. The highest BCUT2D eigenvalue weighted by molar-refractivity contribution is 7.18. The lowest BCUT2D eigenvalue weighted by atomic mass is 9.86. The Balaban J connectivity index is 2.47. The van der Waals surface area contributed by atoms with Gasteiger partial charge < -0.3 is 10.8 Å². The quantitative estimate of drug-likeness (QED) is 0.866. The third-order valence-electron chi connectivity index (χ3n) is 3.40. The van der Waals surface area contributed by atoms with Crippen LogP contribution in [0.4, 0.5) is 5.69 Å². The predicted octanol–water partition coefficient (Wildman–Crippen LogP) is 4.30. The van der Waals surface area contributed by atoms with Crippen LogP contribution in [-0.2, 0) is 5.41 Å². The van der Waals surface area contributed by atoms with Crippen LogP contribution in [0.3, 0.4) is 0 Å². The number of benzene rings is 1. The van der Waals surface area contributed by atoms with Gasteiger partial charge in [0.05, 0.1) is 5.69 Å². The summed E-state index contributed by atoms with van der Waals surface area (Å²) >= 11 is 1.24. The van der Waals surface area contributed by atoms with Gasteiger partial charge in [-0.3, -0.25) is 0 Å². The molecule has 3 N–H and O–H groups in total. The normalized spacial score (nSPS) is 11.6. The second kappa shape index (κ2) is 4.94. The van der Waals surface area contributed by atoms with E-state index >= 15 is 0 Å². The number of hydrogen-bond donors (Lipinski definition) is 2. The number of carbonyl (C=O) groups is 1. The number of anilines is 1. The van der Waals surface area contributed by atoms with Crippen molar-refractivity contribution in [2.75, 3.05) is 5.73 Å². The zero-order valence-corrected chi connectivity index (χ0v) is 13.0. The summed E-state index contributed by atoms with van der Waals surface area (Å²) in [5.41, 5.74) is 9.46. The molecule has 1 aromatic carbocycles. The minimum absolute atomic E-state index is 0.105. The van der Waals surface area contributed by atoms with E-state index in [9.17, 15) is 4.79 Å². The number of carboxylic acid groups (broad SMARTS) is 1. The van der Waals surface area contributed by atoms with Crippen LogP contribution in [0.25, 0.3) is 10.4 Å². The molecule has 3 nitrogen and oxygen atoms in total. The van der Waals surface area contributed by atoms with Gasteiger partial charge in [0.1, 0.15) is 4.88 Å². The predicted molar refractivity (Wildman–Crippen MR) is 84.6 cm³/mol. The van der Waals surface area contributed by atoms with Gasteiger partial charge >= 0.3 is 5.97 Å². The van der Waals surface area contributed by atoms with Gasteiger partial charge in [0, 0.05) is 4.88 Å². The second-order valence-electron chi connectivity index (χ2n) is 5.93. The number of nitrogen functional groups attached to an aromatic ring is 1. The zero-order chi connectivity index (χ0) is 15.1. The molecule has 0 bridgehead atoms. The molecule has 0 aliphatic rings. The molecule has 0 radical (unpaired) electrons. The first-order chi connectivity index (χ1) is 9.21. The lowest BCUT2D eigenvalue weighted by molar-refractivity contribution is 0.0703. The third kappa shape index (κ3) is 2.56. The van der Waals surface area contributed by atoms with E-state index in [1.807, 2.05) is 19.1 Å². The van der Waals surface area contributed by atoms with Gasteiger partial charge in [0.25, 0.3) is 0 Å². The summed E-state index contributed by atoms with van der Waals surface area (Å²) in [7, 11) is 0. The number of rotatable bonds is 2. The van der Waals surface area contributed by atoms with Crippen molar-refractivity contribution in [1.82, 2.24) is 0 Å². The van der Waals surface area contributed by atoms with Crippen LogP contribution in [0, 0.1) is 6.92 Å². The van der Waals surface area contributed by atoms with Crippen LogP contribution in [-0.4, -0.2) is 11.1 Å². The molecule has 0 saturated carbocycles. The van der Waals surface area contributed by atoms with Gasteiger partial charge in [-0.15, -0.1) is 11.3 Å². The smallest absolute Gasteiger partial charge is 0.348 e. The van der Waals surface area contributed by atoms with E-state index in [1.165, 1.54) is 16.9 Å². The topological polar surface area (TPSA) is 63.3 Å². The lowest BCUT2D eigenvalue weighted by Crippen LogP contribution is -2.10. The molecule has 20 heavy (non-hydrogen) atoms. The molecule has 0 spiro atoms. The van der Waals surface area contributed by atoms with Crippen molar-refractivity contribution in [3.8, 4) is 10.4 Å². The van der Waals surface area contributed by atoms with Crippen molar-refractivity contribution in [2.45, 2.75) is 33.1 Å². The van der Waals surface area contributed by atoms with Gasteiger partial charge in [-0.2, -0.15) is 0 Å². The van der Waals surface area contributed by atoms with E-state index in [1.54, 1.807) is 0 Å². The van der Waals surface area contributed by atoms with Crippen LogP contribution < -0.4 is 5.73 Å². The van der Waals surface area contributed by atoms with E-state index in [-0.39, 0.29) is 10.3 Å². The monoisotopic (exact) mass is 289 g/mol. The Morgan fingerprint density at radius 2 is 1.75 bits per heavy atom.